The van der Waals surface area contributed by atoms with Crippen LogP contribution in [-0.4, -0.2) is 21.8 Å². The highest BCUT2D eigenvalue weighted by Crippen LogP contribution is 2.23. The number of hydrogen-bond donors (Lipinski definition) is 1. The molecule has 2 rings (SSSR count). The van der Waals surface area contributed by atoms with Gasteiger partial charge in [0.15, 0.2) is 5.16 Å². The van der Waals surface area contributed by atoms with Gasteiger partial charge in [0.25, 0.3) is 0 Å². The van der Waals surface area contributed by atoms with Crippen LogP contribution in [0.1, 0.15) is 6.42 Å². The van der Waals surface area contributed by atoms with Gasteiger partial charge in [0, 0.05) is 18.9 Å². The number of rotatable bonds is 4. The van der Waals surface area contributed by atoms with Gasteiger partial charge in [-0.1, -0.05) is 11.8 Å². The van der Waals surface area contributed by atoms with Crippen LogP contribution in [0.5, 0.6) is 0 Å². The van der Waals surface area contributed by atoms with Gasteiger partial charge in [0.05, 0.1) is 11.0 Å². The van der Waals surface area contributed by atoms with Crippen LogP contribution >= 0.6 is 11.8 Å². The van der Waals surface area contributed by atoms with Crippen molar-refractivity contribution in [1.29, 1.82) is 0 Å². The predicted molar refractivity (Wildman–Crippen MR) is 65.1 cm³/mol. The molecule has 1 heterocycles. The van der Waals surface area contributed by atoms with E-state index < -0.39 is 0 Å². The summed E-state index contributed by atoms with van der Waals surface area (Å²) in [7, 11) is 1.94. The summed E-state index contributed by atoms with van der Waals surface area (Å²) in [6.07, 6.45) is 0.961. The monoisotopic (exact) mass is 239 g/mol. The van der Waals surface area contributed by atoms with Crippen molar-refractivity contribution in [2.24, 2.45) is 12.8 Å². The first-order valence-electron chi connectivity index (χ1n) is 5.17. The zero-order valence-electron chi connectivity index (χ0n) is 9.11. The second-order valence-corrected chi connectivity index (χ2v) is 4.64. The van der Waals surface area contributed by atoms with E-state index in [2.05, 4.69) is 4.98 Å². The summed E-state index contributed by atoms with van der Waals surface area (Å²) in [6, 6.07) is 4.67. The third-order valence-electron chi connectivity index (χ3n) is 2.38. The summed E-state index contributed by atoms with van der Waals surface area (Å²) in [5, 5.41) is 0.911. The number of nitrogens with two attached hydrogens (primary N) is 1. The first kappa shape index (κ1) is 11.4. The summed E-state index contributed by atoms with van der Waals surface area (Å²) in [5.41, 5.74) is 7.10. The average Bonchev–Trinajstić information content (AvgIpc) is 2.56. The normalized spacial score (nSPS) is 11.2. The largest absolute Gasteiger partial charge is 0.330 e. The molecule has 0 saturated heterocycles. The molecule has 0 amide bonds. The van der Waals surface area contributed by atoms with Gasteiger partial charge in [0.1, 0.15) is 5.82 Å². The van der Waals surface area contributed by atoms with Crippen molar-refractivity contribution < 1.29 is 4.39 Å². The summed E-state index contributed by atoms with van der Waals surface area (Å²) in [6.45, 7) is 0.686. The van der Waals surface area contributed by atoms with Crippen molar-refractivity contribution >= 4 is 22.8 Å². The average molecular weight is 239 g/mol. The number of thioether (sulfide) groups is 1. The quantitative estimate of drug-likeness (QED) is 0.656. The van der Waals surface area contributed by atoms with E-state index in [1.54, 1.807) is 17.8 Å². The molecule has 1 aromatic heterocycles. The molecule has 0 aliphatic heterocycles. The van der Waals surface area contributed by atoms with Crippen molar-refractivity contribution in [3.63, 3.8) is 0 Å². The minimum absolute atomic E-state index is 0.246. The van der Waals surface area contributed by atoms with Crippen LogP contribution in [-0.2, 0) is 7.05 Å². The number of hydrogen-bond acceptors (Lipinski definition) is 3. The SMILES string of the molecule is Cn1c(SCCCN)nc2cc(F)ccc21. The van der Waals surface area contributed by atoms with Gasteiger partial charge in [-0.25, -0.2) is 9.37 Å². The fourth-order valence-corrected chi connectivity index (χ4v) is 2.48. The molecule has 0 unspecified atom stereocenters. The number of benzene rings is 1. The molecule has 2 aromatic rings. The third kappa shape index (κ3) is 2.20. The smallest absolute Gasteiger partial charge is 0.168 e. The molecule has 3 nitrogen and oxygen atoms in total. The molecule has 2 N–H and O–H groups in total. The molecule has 1 aromatic carbocycles. The van der Waals surface area contributed by atoms with E-state index in [9.17, 15) is 4.39 Å². The fourth-order valence-electron chi connectivity index (χ4n) is 1.53. The van der Waals surface area contributed by atoms with Gasteiger partial charge >= 0.3 is 0 Å². The molecular formula is C11H14FN3S. The Morgan fingerprint density at radius 3 is 3.06 bits per heavy atom. The van der Waals surface area contributed by atoms with Gasteiger partial charge in [-0.3, -0.25) is 0 Å². The molecule has 86 valence electrons. The Morgan fingerprint density at radius 2 is 2.31 bits per heavy atom. The number of aryl methyl sites for hydroxylation is 1. The van der Waals surface area contributed by atoms with Crippen LogP contribution in [0.4, 0.5) is 4.39 Å². The molecule has 0 spiro atoms. The summed E-state index contributed by atoms with van der Waals surface area (Å²) < 4.78 is 15.0. The number of imidazole rings is 1. The molecule has 0 aliphatic carbocycles. The first-order chi connectivity index (χ1) is 7.72. The number of aromatic nitrogens is 2. The van der Waals surface area contributed by atoms with Crippen LogP contribution in [0.25, 0.3) is 11.0 Å². The Labute approximate surface area is 97.8 Å². The van der Waals surface area contributed by atoms with Crippen molar-refractivity contribution in [2.75, 3.05) is 12.3 Å². The van der Waals surface area contributed by atoms with Crippen molar-refractivity contribution in [1.82, 2.24) is 9.55 Å². The van der Waals surface area contributed by atoms with Gasteiger partial charge in [-0.05, 0) is 25.1 Å². The van der Waals surface area contributed by atoms with E-state index in [-0.39, 0.29) is 5.82 Å². The summed E-state index contributed by atoms with van der Waals surface area (Å²) in [5.74, 6) is 0.694. The predicted octanol–water partition coefficient (Wildman–Crippen LogP) is 2.15. The second kappa shape index (κ2) is 4.84. The van der Waals surface area contributed by atoms with Crippen molar-refractivity contribution in [2.45, 2.75) is 11.6 Å². The maximum atomic E-state index is 13.0. The number of nitrogens with zero attached hydrogens (tertiary/aromatic N) is 2. The standard InChI is InChI=1S/C11H14FN3S/c1-15-10-4-3-8(12)7-9(10)14-11(15)16-6-2-5-13/h3-4,7H,2,5-6,13H2,1H3. The zero-order chi connectivity index (χ0) is 11.5. The lowest BCUT2D eigenvalue weighted by molar-refractivity contribution is 0.629. The molecule has 0 fully saturated rings. The topological polar surface area (TPSA) is 43.8 Å². The van der Waals surface area contributed by atoms with E-state index in [1.807, 2.05) is 11.6 Å². The molecule has 5 heteroatoms. The molecular weight excluding hydrogens is 225 g/mol. The Kier molecular flexibility index (Phi) is 3.46. The van der Waals surface area contributed by atoms with Gasteiger partial charge in [0.2, 0.25) is 0 Å². The number of fused-ring (bicyclic) bond motifs is 1. The van der Waals surface area contributed by atoms with Crippen LogP contribution < -0.4 is 5.73 Å². The highest BCUT2D eigenvalue weighted by atomic mass is 32.2. The van der Waals surface area contributed by atoms with Crippen LogP contribution in [0.15, 0.2) is 23.4 Å². The van der Waals surface area contributed by atoms with E-state index in [4.69, 9.17) is 5.73 Å². The minimum Gasteiger partial charge on any atom is -0.330 e. The van der Waals surface area contributed by atoms with Crippen molar-refractivity contribution in [3.8, 4) is 0 Å². The van der Waals surface area contributed by atoms with Crippen molar-refractivity contribution in [3.05, 3.63) is 24.0 Å². The van der Waals surface area contributed by atoms with Gasteiger partial charge < -0.3 is 10.3 Å². The Bertz CT molecular complexity index is 495. The molecule has 0 saturated carbocycles. The van der Waals surface area contributed by atoms with E-state index >= 15 is 0 Å². The molecule has 0 aliphatic rings. The minimum atomic E-state index is -0.246. The van der Waals surface area contributed by atoms with E-state index in [0.29, 0.717) is 12.1 Å². The van der Waals surface area contributed by atoms with Gasteiger partial charge in [-0.15, -0.1) is 0 Å². The van der Waals surface area contributed by atoms with Crippen LogP contribution in [0.3, 0.4) is 0 Å². The maximum absolute atomic E-state index is 13.0. The number of halogens is 1. The molecule has 16 heavy (non-hydrogen) atoms. The zero-order valence-corrected chi connectivity index (χ0v) is 9.93. The van der Waals surface area contributed by atoms with E-state index in [0.717, 1.165) is 22.8 Å². The lowest BCUT2D eigenvalue weighted by Gasteiger charge is -2.00. The lowest BCUT2D eigenvalue weighted by Crippen LogP contribution is -2.00. The molecule has 0 radical (unpaired) electrons. The maximum Gasteiger partial charge on any atom is 0.168 e. The van der Waals surface area contributed by atoms with Crippen LogP contribution in [0, 0.1) is 5.82 Å². The Balaban J connectivity index is 2.29. The van der Waals surface area contributed by atoms with Gasteiger partial charge in [-0.2, -0.15) is 0 Å². The lowest BCUT2D eigenvalue weighted by atomic mass is 10.3. The second-order valence-electron chi connectivity index (χ2n) is 3.58. The highest BCUT2D eigenvalue weighted by Gasteiger charge is 2.08. The van der Waals surface area contributed by atoms with E-state index in [1.165, 1.54) is 12.1 Å². The Hall–Kier alpha value is -1.07. The highest BCUT2D eigenvalue weighted by molar-refractivity contribution is 7.99. The molecule has 0 bridgehead atoms. The molecule has 0 atom stereocenters. The first-order valence-corrected chi connectivity index (χ1v) is 6.16. The van der Waals surface area contributed by atoms with Crippen LogP contribution in [0.2, 0.25) is 0 Å². The third-order valence-corrected chi connectivity index (χ3v) is 3.50. The summed E-state index contributed by atoms with van der Waals surface area (Å²) in [4.78, 5) is 4.39. The summed E-state index contributed by atoms with van der Waals surface area (Å²) >= 11 is 1.65. The Morgan fingerprint density at radius 1 is 1.50 bits per heavy atom. The fraction of sp³-hybridized carbons (Fsp3) is 0.364.